The second kappa shape index (κ2) is 3.21. The fraction of sp³-hybridized carbons (Fsp3) is 0.167. The van der Waals surface area contributed by atoms with Crippen LogP contribution in [0.5, 0.6) is 0 Å². The molecule has 0 bridgehead atoms. The van der Waals surface area contributed by atoms with E-state index in [1.807, 2.05) is 0 Å². The van der Waals surface area contributed by atoms with Gasteiger partial charge < -0.3 is 5.11 Å². The van der Waals surface area contributed by atoms with E-state index in [0.29, 0.717) is 0 Å². The molecule has 1 aliphatic carbocycles. The highest BCUT2D eigenvalue weighted by atomic mass is 35.5. The van der Waals surface area contributed by atoms with E-state index in [1.165, 1.54) is 18.2 Å². The molecule has 0 spiro atoms. The third-order valence-corrected chi connectivity index (χ3v) is 2.32. The lowest BCUT2D eigenvalue weighted by atomic mass is 10.1. The Morgan fingerprint density at radius 1 is 1.55 bits per heavy atom. The Morgan fingerprint density at radius 2 is 2.18 bits per heavy atom. The van der Waals surface area contributed by atoms with Crippen molar-refractivity contribution >= 4 is 26.8 Å². The summed E-state index contributed by atoms with van der Waals surface area (Å²) in [5, 5.41) is 9.24. The summed E-state index contributed by atoms with van der Waals surface area (Å²) in [6, 6.07) is 0. The summed E-state index contributed by atoms with van der Waals surface area (Å²) in [6.07, 6.45) is 3.03. The van der Waals surface area contributed by atoms with E-state index in [4.69, 9.17) is 16.7 Å². The van der Waals surface area contributed by atoms with E-state index in [2.05, 4.69) is 0 Å². The van der Waals surface area contributed by atoms with Crippen molar-refractivity contribution in [1.82, 2.24) is 0 Å². The highest BCUT2D eigenvalue weighted by Crippen LogP contribution is 2.13. The second-order valence-corrected chi connectivity index (χ2v) is 3.33. The maximum absolute atomic E-state index is 10.4. The minimum atomic E-state index is -2.40. The predicted molar refractivity (Wildman–Crippen MR) is 43.0 cm³/mol. The van der Waals surface area contributed by atoms with Gasteiger partial charge in [0.1, 0.15) is 11.0 Å². The van der Waals surface area contributed by atoms with Crippen LogP contribution in [0.25, 0.3) is 0 Å². The quantitative estimate of drug-likeness (QED) is 0.554. The van der Waals surface area contributed by atoms with Gasteiger partial charge in [0.15, 0.2) is 0 Å². The molecule has 3 nitrogen and oxygen atoms in total. The standard InChI is InChI=1S/C6H5ClO3S/c7-4-2-1-3-5(6(4)8)11(9)10/h1-3,6,8H. The molecule has 0 saturated heterocycles. The summed E-state index contributed by atoms with van der Waals surface area (Å²) in [5.74, 6) is 0. The van der Waals surface area contributed by atoms with Crippen molar-refractivity contribution in [2.24, 2.45) is 0 Å². The molecule has 0 aromatic rings. The Kier molecular flexibility index (Phi) is 2.49. The van der Waals surface area contributed by atoms with Gasteiger partial charge in [-0.1, -0.05) is 17.7 Å². The highest BCUT2D eigenvalue weighted by Gasteiger charge is 2.17. The Hall–Kier alpha value is -0.580. The molecule has 11 heavy (non-hydrogen) atoms. The first-order valence-corrected chi connectivity index (χ1v) is 4.26. The maximum Gasteiger partial charge on any atom is 0.220 e. The molecule has 0 saturated carbocycles. The van der Waals surface area contributed by atoms with E-state index in [9.17, 15) is 8.42 Å². The summed E-state index contributed by atoms with van der Waals surface area (Å²) < 4.78 is 20.8. The van der Waals surface area contributed by atoms with Gasteiger partial charge in [0.05, 0.1) is 5.03 Å². The van der Waals surface area contributed by atoms with E-state index in [1.54, 1.807) is 0 Å². The molecular formula is C6H5ClO3S. The first-order valence-electron chi connectivity index (χ1n) is 2.81. The molecule has 1 aliphatic rings. The van der Waals surface area contributed by atoms with Crippen molar-refractivity contribution in [1.29, 1.82) is 0 Å². The first-order chi connectivity index (χ1) is 5.13. The zero-order chi connectivity index (χ0) is 8.43. The van der Waals surface area contributed by atoms with Gasteiger partial charge in [-0.15, -0.1) is 0 Å². The number of rotatable bonds is 0. The lowest BCUT2D eigenvalue weighted by molar-refractivity contribution is 0.287. The summed E-state index contributed by atoms with van der Waals surface area (Å²) in [4.78, 5) is -0.0995. The van der Waals surface area contributed by atoms with Crippen LogP contribution < -0.4 is 0 Å². The Morgan fingerprint density at radius 3 is 2.64 bits per heavy atom. The van der Waals surface area contributed by atoms with Crippen LogP contribution in [-0.4, -0.2) is 24.5 Å². The molecular weight excluding hydrogens is 188 g/mol. The summed E-state index contributed by atoms with van der Waals surface area (Å²) >= 11 is 5.47. The topological polar surface area (TPSA) is 54.4 Å². The van der Waals surface area contributed by atoms with Gasteiger partial charge in [-0.25, -0.2) is 0 Å². The SMILES string of the molecule is O=S(=O)=C1C=CC=C(Cl)C1O. The highest BCUT2D eigenvalue weighted by molar-refractivity contribution is 7.73. The molecule has 5 heteroatoms. The minimum absolute atomic E-state index is 0.0995. The smallest absolute Gasteiger partial charge is 0.220 e. The molecule has 1 N–H and O–H groups in total. The van der Waals surface area contributed by atoms with Gasteiger partial charge >= 0.3 is 0 Å². The number of hydrogen-bond donors (Lipinski definition) is 1. The third-order valence-electron chi connectivity index (χ3n) is 1.24. The van der Waals surface area contributed by atoms with E-state index in [-0.39, 0.29) is 9.90 Å². The molecule has 1 atom stereocenters. The zero-order valence-electron chi connectivity index (χ0n) is 5.36. The Balaban J connectivity index is 3.20. The molecule has 0 radical (unpaired) electrons. The Labute approximate surface area is 70.1 Å². The average molecular weight is 193 g/mol. The predicted octanol–water partition coefficient (Wildman–Crippen LogP) is 0.0913. The monoisotopic (exact) mass is 192 g/mol. The average Bonchev–Trinajstić information content (AvgIpc) is 1.94. The van der Waals surface area contributed by atoms with Crippen molar-refractivity contribution in [2.75, 3.05) is 0 Å². The maximum atomic E-state index is 10.4. The van der Waals surface area contributed by atoms with Gasteiger partial charge in [-0.05, 0) is 12.2 Å². The van der Waals surface area contributed by atoms with Crippen LogP contribution in [0.2, 0.25) is 0 Å². The van der Waals surface area contributed by atoms with Gasteiger partial charge in [0.25, 0.3) is 0 Å². The summed E-state index contributed by atoms with van der Waals surface area (Å²) in [6.45, 7) is 0. The molecule has 0 fully saturated rings. The number of halogens is 1. The Bertz CT molecular complexity index is 342. The van der Waals surface area contributed by atoms with Crippen LogP contribution in [0.15, 0.2) is 23.3 Å². The van der Waals surface area contributed by atoms with Crippen LogP contribution in [0.4, 0.5) is 0 Å². The van der Waals surface area contributed by atoms with Crippen molar-refractivity contribution in [3.05, 3.63) is 23.3 Å². The molecule has 0 amide bonds. The summed E-state index contributed by atoms with van der Waals surface area (Å²) in [5.41, 5.74) is 0. The number of hydrogen-bond acceptors (Lipinski definition) is 3. The molecule has 0 aliphatic heterocycles. The minimum Gasteiger partial charge on any atom is -0.382 e. The number of aliphatic hydroxyl groups excluding tert-OH is 1. The third kappa shape index (κ3) is 1.71. The normalized spacial score (nSPS) is 23.3. The second-order valence-electron chi connectivity index (χ2n) is 1.95. The van der Waals surface area contributed by atoms with Gasteiger partial charge in [-0.3, -0.25) is 0 Å². The first kappa shape index (κ1) is 8.52. The lowest BCUT2D eigenvalue weighted by Gasteiger charge is -2.09. The van der Waals surface area contributed by atoms with Gasteiger partial charge in [0, 0.05) is 0 Å². The molecule has 0 heterocycles. The van der Waals surface area contributed by atoms with Crippen LogP contribution in [0, 0.1) is 0 Å². The van der Waals surface area contributed by atoms with Crippen LogP contribution >= 0.6 is 11.6 Å². The van der Waals surface area contributed by atoms with Crippen molar-refractivity contribution in [2.45, 2.75) is 6.10 Å². The van der Waals surface area contributed by atoms with Gasteiger partial charge in [-0.2, -0.15) is 8.42 Å². The van der Waals surface area contributed by atoms with Crippen LogP contribution in [-0.2, 0) is 10.3 Å². The lowest BCUT2D eigenvalue weighted by Crippen LogP contribution is -2.21. The van der Waals surface area contributed by atoms with Crippen molar-refractivity contribution in [3.8, 4) is 0 Å². The largest absolute Gasteiger partial charge is 0.382 e. The zero-order valence-corrected chi connectivity index (χ0v) is 6.93. The van der Waals surface area contributed by atoms with Crippen LogP contribution in [0.1, 0.15) is 0 Å². The molecule has 1 unspecified atom stereocenters. The molecule has 0 aromatic heterocycles. The van der Waals surface area contributed by atoms with Crippen molar-refractivity contribution in [3.63, 3.8) is 0 Å². The fourth-order valence-electron chi connectivity index (χ4n) is 0.700. The summed E-state index contributed by atoms with van der Waals surface area (Å²) in [7, 11) is -2.40. The molecule has 1 rings (SSSR count). The van der Waals surface area contributed by atoms with E-state index < -0.39 is 16.4 Å². The fourth-order valence-corrected chi connectivity index (χ4v) is 1.45. The molecule has 0 aromatic carbocycles. The van der Waals surface area contributed by atoms with Gasteiger partial charge in [0.2, 0.25) is 10.3 Å². The van der Waals surface area contributed by atoms with Crippen LogP contribution in [0.3, 0.4) is 0 Å². The number of allylic oxidation sites excluding steroid dienone is 2. The van der Waals surface area contributed by atoms with Crippen molar-refractivity contribution < 1.29 is 13.5 Å². The molecule has 60 valence electrons. The number of aliphatic hydroxyl groups is 1. The van der Waals surface area contributed by atoms with E-state index in [0.717, 1.165) is 0 Å². The van der Waals surface area contributed by atoms with E-state index >= 15 is 0 Å².